The molecule has 1 saturated carbocycles. The van der Waals surface area contributed by atoms with Crippen molar-refractivity contribution < 1.29 is 9.59 Å². The van der Waals surface area contributed by atoms with Crippen LogP contribution in [0.25, 0.3) is 10.9 Å². The Labute approximate surface area is 195 Å². The van der Waals surface area contributed by atoms with Crippen molar-refractivity contribution in [3.63, 3.8) is 0 Å². The van der Waals surface area contributed by atoms with Crippen LogP contribution in [0.3, 0.4) is 0 Å². The van der Waals surface area contributed by atoms with Crippen molar-refractivity contribution in [3.05, 3.63) is 74.4 Å². The fourth-order valence-electron chi connectivity index (χ4n) is 4.21. The van der Waals surface area contributed by atoms with E-state index in [4.69, 9.17) is 11.6 Å². The number of hydrogen-bond donors (Lipinski definition) is 2. The molecule has 0 bridgehead atoms. The third-order valence-electron chi connectivity index (χ3n) is 5.83. The molecule has 2 N–H and O–H groups in total. The van der Waals surface area contributed by atoms with Crippen LogP contribution >= 0.6 is 11.6 Å². The molecule has 2 aromatic carbocycles. The summed E-state index contributed by atoms with van der Waals surface area (Å²) >= 11 is 5.97. The van der Waals surface area contributed by atoms with Gasteiger partial charge in [-0.3, -0.25) is 23.5 Å². The first-order chi connectivity index (χ1) is 15.9. The van der Waals surface area contributed by atoms with Crippen LogP contribution in [-0.2, 0) is 22.7 Å². The number of para-hydroxylation sites is 1. The summed E-state index contributed by atoms with van der Waals surface area (Å²) in [5.41, 5.74) is -0.244. The number of rotatable bonds is 7. The Hall–Kier alpha value is -3.39. The van der Waals surface area contributed by atoms with Crippen LogP contribution in [-0.4, -0.2) is 27.0 Å². The fraction of sp³-hybridized carbons (Fsp3) is 0.333. The van der Waals surface area contributed by atoms with E-state index in [1.165, 1.54) is 4.57 Å². The lowest BCUT2D eigenvalue weighted by molar-refractivity contribution is -0.122. The standard InChI is InChI=1S/C24H25ClN4O4/c25-16-6-5-9-18(14-16)27-22(31)15-29-20-11-4-3-10-19(20)23(32)28(24(29)33)13-12-21(30)26-17-7-1-2-8-17/h3-6,9-11,14,17H,1-2,7-8,12-13,15H2,(H,26,30)(H,27,31). The van der Waals surface area contributed by atoms with E-state index in [0.717, 1.165) is 30.3 Å². The quantitative estimate of drug-likeness (QED) is 0.556. The normalized spacial score (nSPS) is 13.8. The molecule has 9 heteroatoms. The molecule has 1 fully saturated rings. The zero-order valence-corrected chi connectivity index (χ0v) is 18.8. The summed E-state index contributed by atoms with van der Waals surface area (Å²) in [5.74, 6) is -0.625. The van der Waals surface area contributed by atoms with Gasteiger partial charge in [0.2, 0.25) is 11.8 Å². The average Bonchev–Trinajstić information content (AvgIpc) is 3.29. The number of carbonyl (C=O) groups is 2. The van der Waals surface area contributed by atoms with Gasteiger partial charge < -0.3 is 10.6 Å². The predicted molar refractivity (Wildman–Crippen MR) is 128 cm³/mol. The van der Waals surface area contributed by atoms with Gasteiger partial charge in [0.15, 0.2) is 0 Å². The maximum atomic E-state index is 13.2. The summed E-state index contributed by atoms with van der Waals surface area (Å²) in [7, 11) is 0. The Kier molecular flexibility index (Phi) is 6.93. The Balaban J connectivity index is 1.59. The van der Waals surface area contributed by atoms with E-state index in [0.29, 0.717) is 21.6 Å². The lowest BCUT2D eigenvalue weighted by Crippen LogP contribution is -2.43. The second-order valence-electron chi connectivity index (χ2n) is 8.20. The topological polar surface area (TPSA) is 102 Å². The minimum absolute atomic E-state index is 0.0126. The van der Waals surface area contributed by atoms with Crippen molar-refractivity contribution in [3.8, 4) is 0 Å². The number of nitrogens with zero attached hydrogens (tertiary/aromatic N) is 2. The number of carbonyl (C=O) groups excluding carboxylic acids is 2. The number of amides is 2. The molecular weight excluding hydrogens is 444 g/mol. The van der Waals surface area contributed by atoms with E-state index >= 15 is 0 Å². The van der Waals surface area contributed by atoms with Crippen molar-refractivity contribution in [1.82, 2.24) is 14.5 Å². The molecule has 1 heterocycles. The minimum Gasteiger partial charge on any atom is -0.353 e. The summed E-state index contributed by atoms with van der Waals surface area (Å²) in [4.78, 5) is 51.2. The van der Waals surface area contributed by atoms with Crippen molar-refractivity contribution in [2.45, 2.75) is 51.2 Å². The third-order valence-corrected chi connectivity index (χ3v) is 6.06. The first-order valence-corrected chi connectivity index (χ1v) is 11.4. The van der Waals surface area contributed by atoms with Gasteiger partial charge in [0, 0.05) is 29.7 Å². The lowest BCUT2D eigenvalue weighted by atomic mass is 10.2. The highest BCUT2D eigenvalue weighted by Gasteiger charge is 2.19. The summed E-state index contributed by atoms with van der Waals surface area (Å²) in [6.07, 6.45) is 4.11. The molecule has 8 nitrogen and oxygen atoms in total. The van der Waals surface area contributed by atoms with Crippen LogP contribution in [0.4, 0.5) is 5.69 Å². The monoisotopic (exact) mass is 468 g/mol. The molecule has 4 rings (SSSR count). The van der Waals surface area contributed by atoms with Gasteiger partial charge in [0.05, 0.1) is 10.9 Å². The van der Waals surface area contributed by atoms with E-state index in [1.807, 2.05) is 0 Å². The van der Waals surface area contributed by atoms with Crippen molar-refractivity contribution in [2.75, 3.05) is 5.32 Å². The number of nitrogens with one attached hydrogen (secondary N) is 2. The van der Waals surface area contributed by atoms with Gasteiger partial charge in [-0.05, 0) is 43.2 Å². The Morgan fingerprint density at radius 3 is 2.48 bits per heavy atom. The van der Waals surface area contributed by atoms with Gasteiger partial charge in [0.25, 0.3) is 5.56 Å². The largest absolute Gasteiger partial charge is 0.353 e. The Bertz CT molecular complexity index is 1310. The van der Waals surface area contributed by atoms with Crippen LogP contribution in [0.1, 0.15) is 32.1 Å². The molecule has 1 aliphatic carbocycles. The smallest absolute Gasteiger partial charge is 0.331 e. The first-order valence-electron chi connectivity index (χ1n) is 11.0. The number of benzene rings is 2. The number of halogens is 1. The number of hydrogen-bond acceptors (Lipinski definition) is 4. The number of aromatic nitrogens is 2. The summed E-state index contributed by atoms with van der Waals surface area (Å²) in [6.45, 7) is -0.350. The number of fused-ring (bicyclic) bond motifs is 1. The molecule has 1 aromatic heterocycles. The summed E-state index contributed by atoms with van der Waals surface area (Å²) in [6, 6.07) is 13.5. The maximum absolute atomic E-state index is 13.2. The predicted octanol–water partition coefficient (Wildman–Crippen LogP) is 2.90. The molecule has 2 amide bonds. The van der Waals surface area contributed by atoms with Gasteiger partial charge in [0.1, 0.15) is 6.54 Å². The van der Waals surface area contributed by atoms with Gasteiger partial charge in [-0.15, -0.1) is 0 Å². The zero-order valence-electron chi connectivity index (χ0n) is 18.1. The van der Waals surface area contributed by atoms with Crippen LogP contribution in [0.2, 0.25) is 5.02 Å². The Morgan fingerprint density at radius 1 is 0.970 bits per heavy atom. The molecule has 0 spiro atoms. The van der Waals surface area contributed by atoms with E-state index in [-0.39, 0.29) is 31.5 Å². The highest BCUT2D eigenvalue weighted by Crippen LogP contribution is 2.18. The van der Waals surface area contributed by atoms with Crippen LogP contribution in [0.15, 0.2) is 58.1 Å². The first kappa shape index (κ1) is 22.8. The molecule has 0 radical (unpaired) electrons. The van der Waals surface area contributed by atoms with E-state index in [2.05, 4.69) is 10.6 Å². The van der Waals surface area contributed by atoms with Crippen LogP contribution in [0.5, 0.6) is 0 Å². The molecule has 0 saturated heterocycles. The van der Waals surface area contributed by atoms with Gasteiger partial charge >= 0.3 is 5.69 Å². The highest BCUT2D eigenvalue weighted by atomic mass is 35.5. The minimum atomic E-state index is -0.631. The Morgan fingerprint density at radius 2 is 1.73 bits per heavy atom. The molecule has 0 unspecified atom stereocenters. The maximum Gasteiger partial charge on any atom is 0.331 e. The second kappa shape index (κ2) is 10.0. The fourth-order valence-corrected chi connectivity index (χ4v) is 4.40. The molecule has 33 heavy (non-hydrogen) atoms. The van der Waals surface area contributed by atoms with Crippen LogP contribution < -0.4 is 21.9 Å². The molecule has 0 atom stereocenters. The van der Waals surface area contributed by atoms with Gasteiger partial charge in [-0.1, -0.05) is 42.6 Å². The molecule has 3 aromatic rings. The molecular formula is C24H25ClN4O4. The highest BCUT2D eigenvalue weighted by molar-refractivity contribution is 6.30. The zero-order chi connectivity index (χ0) is 23.4. The van der Waals surface area contributed by atoms with Gasteiger partial charge in [-0.25, -0.2) is 4.79 Å². The molecule has 0 aliphatic heterocycles. The van der Waals surface area contributed by atoms with Crippen LogP contribution in [0, 0.1) is 0 Å². The lowest BCUT2D eigenvalue weighted by Gasteiger charge is -2.15. The third kappa shape index (κ3) is 5.34. The van der Waals surface area contributed by atoms with E-state index in [1.54, 1.807) is 48.5 Å². The SMILES string of the molecule is O=C(Cn1c(=O)n(CCC(=O)NC2CCCC2)c(=O)c2ccccc21)Nc1cccc(Cl)c1. The van der Waals surface area contributed by atoms with Crippen molar-refractivity contribution in [2.24, 2.45) is 0 Å². The second-order valence-corrected chi connectivity index (χ2v) is 8.64. The molecule has 172 valence electrons. The van der Waals surface area contributed by atoms with Crippen molar-refractivity contribution in [1.29, 1.82) is 0 Å². The molecule has 1 aliphatic rings. The average molecular weight is 469 g/mol. The van der Waals surface area contributed by atoms with E-state index in [9.17, 15) is 19.2 Å². The number of anilines is 1. The van der Waals surface area contributed by atoms with Crippen molar-refractivity contribution >= 4 is 40.0 Å². The summed E-state index contributed by atoms with van der Waals surface area (Å²) < 4.78 is 2.29. The van der Waals surface area contributed by atoms with Gasteiger partial charge in [-0.2, -0.15) is 0 Å². The summed E-state index contributed by atoms with van der Waals surface area (Å²) in [5, 5.41) is 6.46. The van der Waals surface area contributed by atoms with E-state index < -0.39 is 17.2 Å².